The van der Waals surface area contributed by atoms with Crippen LogP contribution in [-0.4, -0.2) is 20.4 Å². The number of amides is 1. The highest BCUT2D eigenvalue weighted by Gasteiger charge is 2.14. The lowest BCUT2D eigenvalue weighted by Gasteiger charge is -2.05. The Morgan fingerprint density at radius 1 is 1.07 bits per heavy atom. The first-order valence-corrected chi connectivity index (χ1v) is 11.3. The summed E-state index contributed by atoms with van der Waals surface area (Å²) in [5, 5.41) is 4.08. The van der Waals surface area contributed by atoms with Gasteiger partial charge in [0.05, 0.1) is 17.4 Å². The van der Waals surface area contributed by atoms with Gasteiger partial charge in [0.15, 0.2) is 5.13 Å². The van der Waals surface area contributed by atoms with Crippen molar-refractivity contribution in [2.75, 3.05) is 5.32 Å². The Kier molecular flexibility index (Phi) is 5.53. The van der Waals surface area contributed by atoms with E-state index >= 15 is 0 Å². The number of carbonyl (C=O) groups is 1. The second-order valence-electron chi connectivity index (χ2n) is 7.29. The van der Waals surface area contributed by atoms with Crippen molar-refractivity contribution in [1.29, 1.82) is 0 Å². The van der Waals surface area contributed by atoms with Crippen LogP contribution >= 0.6 is 22.7 Å². The van der Waals surface area contributed by atoms with Gasteiger partial charge in [-0.2, -0.15) is 0 Å². The molecule has 0 saturated heterocycles. The van der Waals surface area contributed by atoms with Gasteiger partial charge in [0.25, 0.3) is 5.56 Å². The summed E-state index contributed by atoms with van der Waals surface area (Å²) in [6, 6.07) is 8.16. The van der Waals surface area contributed by atoms with Gasteiger partial charge in [-0.3, -0.25) is 14.2 Å². The monoisotopic (exact) mass is 438 g/mol. The van der Waals surface area contributed by atoms with E-state index in [0.29, 0.717) is 10.5 Å². The number of thiazole rings is 1. The van der Waals surface area contributed by atoms with Gasteiger partial charge in [-0.05, 0) is 33.3 Å². The predicted octanol–water partition coefficient (Wildman–Crippen LogP) is 4.84. The van der Waals surface area contributed by atoms with Crippen LogP contribution < -0.4 is 10.9 Å². The Morgan fingerprint density at radius 2 is 1.80 bits per heavy atom. The third kappa shape index (κ3) is 3.93. The minimum absolute atomic E-state index is 0.0959. The van der Waals surface area contributed by atoms with E-state index in [0.717, 1.165) is 31.4 Å². The van der Waals surface area contributed by atoms with E-state index in [1.807, 2.05) is 52.0 Å². The molecule has 0 aliphatic rings. The van der Waals surface area contributed by atoms with Gasteiger partial charge < -0.3 is 5.32 Å². The summed E-state index contributed by atoms with van der Waals surface area (Å²) in [5.74, 6) is -0.176. The molecule has 4 aromatic rings. The highest BCUT2D eigenvalue weighted by molar-refractivity contribution is 7.18. The van der Waals surface area contributed by atoms with E-state index in [1.165, 1.54) is 39.1 Å². The van der Waals surface area contributed by atoms with Crippen LogP contribution in [0.15, 0.2) is 35.4 Å². The van der Waals surface area contributed by atoms with Crippen molar-refractivity contribution in [3.63, 3.8) is 0 Å². The van der Waals surface area contributed by atoms with Crippen LogP contribution in [0, 0.1) is 27.7 Å². The zero-order chi connectivity index (χ0) is 21.4. The van der Waals surface area contributed by atoms with Crippen LogP contribution in [0.4, 0.5) is 5.13 Å². The number of hydrogen-bond acceptors (Lipinski definition) is 6. The first-order chi connectivity index (χ1) is 14.3. The molecule has 0 saturated carbocycles. The van der Waals surface area contributed by atoms with Crippen molar-refractivity contribution in [3.8, 4) is 11.3 Å². The van der Waals surface area contributed by atoms with E-state index in [-0.39, 0.29) is 24.4 Å². The molecule has 3 heterocycles. The van der Waals surface area contributed by atoms with Crippen molar-refractivity contribution < 1.29 is 4.79 Å². The summed E-state index contributed by atoms with van der Waals surface area (Å²) in [7, 11) is 0. The molecule has 0 aliphatic heterocycles. The average Bonchev–Trinajstić information content (AvgIpc) is 3.21. The molecule has 154 valence electrons. The molecule has 0 unspecified atom stereocenters. The SMILES string of the molecule is Cc1ccc(-c2nc(NC(=O)CCn3cnc4sc(C)c(C)c4c3=O)sc2C)cc1. The maximum Gasteiger partial charge on any atom is 0.262 e. The minimum atomic E-state index is -0.176. The molecule has 0 bridgehead atoms. The van der Waals surface area contributed by atoms with Crippen LogP contribution in [0.5, 0.6) is 0 Å². The third-order valence-electron chi connectivity index (χ3n) is 5.10. The first kappa shape index (κ1) is 20.4. The molecule has 0 fully saturated rings. The number of benzene rings is 1. The van der Waals surface area contributed by atoms with E-state index in [9.17, 15) is 9.59 Å². The number of hydrogen-bond donors (Lipinski definition) is 1. The molecule has 1 amide bonds. The number of aryl methyl sites for hydroxylation is 5. The van der Waals surface area contributed by atoms with Gasteiger partial charge in [-0.1, -0.05) is 29.8 Å². The van der Waals surface area contributed by atoms with Crippen LogP contribution in [-0.2, 0) is 11.3 Å². The molecule has 3 aromatic heterocycles. The fraction of sp³-hybridized carbons (Fsp3) is 0.273. The summed E-state index contributed by atoms with van der Waals surface area (Å²) >= 11 is 2.97. The summed E-state index contributed by atoms with van der Waals surface area (Å²) < 4.78 is 1.51. The fourth-order valence-corrected chi connectivity index (χ4v) is 5.10. The van der Waals surface area contributed by atoms with Gasteiger partial charge in [0.1, 0.15) is 4.83 Å². The fourth-order valence-electron chi connectivity index (χ4n) is 3.26. The lowest BCUT2D eigenvalue weighted by atomic mass is 10.1. The van der Waals surface area contributed by atoms with E-state index in [1.54, 1.807) is 0 Å². The number of carbonyl (C=O) groups excluding carboxylic acids is 1. The van der Waals surface area contributed by atoms with Gasteiger partial charge in [-0.25, -0.2) is 9.97 Å². The smallest absolute Gasteiger partial charge is 0.262 e. The molecule has 0 atom stereocenters. The number of aromatic nitrogens is 3. The van der Waals surface area contributed by atoms with Crippen molar-refractivity contribution in [2.45, 2.75) is 40.7 Å². The van der Waals surface area contributed by atoms with Crippen molar-refractivity contribution >= 4 is 43.9 Å². The molecule has 1 aromatic carbocycles. The standard InChI is InChI=1S/C22H22N4O2S2/c1-12-5-7-16(8-6-12)19-15(4)30-22(25-19)24-17(27)9-10-26-11-23-20-18(21(26)28)13(2)14(3)29-20/h5-8,11H,9-10H2,1-4H3,(H,24,25,27). The van der Waals surface area contributed by atoms with Crippen LogP contribution in [0.25, 0.3) is 21.5 Å². The maximum absolute atomic E-state index is 12.7. The minimum Gasteiger partial charge on any atom is -0.302 e. The molecule has 0 aliphatic carbocycles. The Hall–Kier alpha value is -2.84. The molecule has 8 heteroatoms. The van der Waals surface area contributed by atoms with Crippen LogP contribution in [0.1, 0.15) is 27.3 Å². The number of thiophene rings is 1. The lowest BCUT2D eigenvalue weighted by Crippen LogP contribution is -2.23. The molecule has 4 rings (SSSR count). The van der Waals surface area contributed by atoms with Crippen molar-refractivity contribution in [2.24, 2.45) is 0 Å². The summed E-state index contributed by atoms with van der Waals surface area (Å²) in [5.41, 5.74) is 3.97. The zero-order valence-electron chi connectivity index (χ0n) is 17.3. The Bertz CT molecular complexity index is 1300. The van der Waals surface area contributed by atoms with E-state index in [4.69, 9.17) is 0 Å². The van der Waals surface area contributed by atoms with Gasteiger partial charge >= 0.3 is 0 Å². The molecule has 0 spiro atoms. The molecular formula is C22H22N4O2S2. The largest absolute Gasteiger partial charge is 0.302 e. The molecule has 6 nitrogen and oxygen atoms in total. The topological polar surface area (TPSA) is 76.9 Å². The van der Waals surface area contributed by atoms with Gasteiger partial charge in [0.2, 0.25) is 5.91 Å². The molecule has 1 N–H and O–H groups in total. The van der Waals surface area contributed by atoms with Crippen molar-refractivity contribution in [3.05, 3.63) is 61.8 Å². The normalized spacial score (nSPS) is 11.2. The number of nitrogens with one attached hydrogen (secondary N) is 1. The zero-order valence-corrected chi connectivity index (χ0v) is 18.9. The average molecular weight is 439 g/mol. The van der Waals surface area contributed by atoms with Gasteiger partial charge in [-0.15, -0.1) is 22.7 Å². The summed E-state index contributed by atoms with van der Waals surface area (Å²) in [6.45, 7) is 8.23. The molecule has 30 heavy (non-hydrogen) atoms. The second kappa shape index (κ2) is 8.12. The Morgan fingerprint density at radius 3 is 2.53 bits per heavy atom. The first-order valence-electron chi connectivity index (χ1n) is 9.63. The molecular weight excluding hydrogens is 416 g/mol. The summed E-state index contributed by atoms with van der Waals surface area (Å²) in [4.78, 5) is 37.1. The Labute approximate surface area is 182 Å². The highest BCUT2D eigenvalue weighted by atomic mass is 32.1. The quantitative estimate of drug-likeness (QED) is 0.483. The lowest BCUT2D eigenvalue weighted by molar-refractivity contribution is -0.116. The van der Waals surface area contributed by atoms with E-state index < -0.39 is 0 Å². The molecule has 0 radical (unpaired) electrons. The number of rotatable bonds is 5. The van der Waals surface area contributed by atoms with Gasteiger partial charge in [0, 0.05) is 28.3 Å². The Balaban J connectivity index is 1.46. The predicted molar refractivity (Wildman–Crippen MR) is 124 cm³/mol. The van der Waals surface area contributed by atoms with Crippen molar-refractivity contribution in [1.82, 2.24) is 14.5 Å². The number of fused-ring (bicyclic) bond motifs is 1. The van der Waals surface area contributed by atoms with Crippen LogP contribution in [0.2, 0.25) is 0 Å². The highest BCUT2D eigenvalue weighted by Crippen LogP contribution is 2.30. The maximum atomic E-state index is 12.7. The van der Waals surface area contributed by atoms with Crippen LogP contribution in [0.3, 0.4) is 0 Å². The third-order valence-corrected chi connectivity index (χ3v) is 7.11. The number of anilines is 1. The second-order valence-corrected chi connectivity index (χ2v) is 9.70. The number of nitrogens with zero attached hydrogens (tertiary/aromatic N) is 3. The van der Waals surface area contributed by atoms with E-state index in [2.05, 4.69) is 15.3 Å². The summed E-state index contributed by atoms with van der Waals surface area (Å²) in [6.07, 6.45) is 1.70.